The van der Waals surface area contributed by atoms with E-state index in [2.05, 4.69) is 37.6 Å². The molecule has 1 N–H and O–H groups in total. The summed E-state index contributed by atoms with van der Waals surface area (Å²) in [5.74, 6) is 1.26. The van der Waals surface area contributed by atoms with E-state index in [1.807, 2.05) is 0 Å². The third-order valence-electron chi connectivity index (χ3n) is 4.80. The summed E-state index contributed by atoms with van der Waals surface area (Å²) in [5, 5.41) is 6.77. The summed E-state index contributed by atoms with van der Waals surface area (Å²) in [5.41, 5.74) is 1.53. The van der Waals surface area contributed by atoms with Crippen molar-refractivity contribution in [1.82, 2.24) is 10.2 Å². The van der Waals surface area contributed by atoms with Crippen LogP contribution in [-0.4, -0.2) is 50.9 Å². The largest absolute Gasteiger partial charge is 0.467 e. The normalized spacial score (nSPS) is 17.5. The Morgan fingerprint density at radius 3 is 2.89 bits per heavy atom. The van der Waals surface area contributed by atoms with Crippen LogP contribution in [-0.2, 0) is 17.9 Å². The van der Waals surface area contributed by atoms with Gasteiger partial charge in [0.2, 0.25) is 0 Å². The minimum Gasteiger partial charge on any atom is -0.467 e. The molecule has 0 spiro atoms. The van der Waals surface area contributed by atoms with Gasteiger partial charge in [-0.05, 0) is 29.6 Å². The van der Waals surface area contributed by atoms with Crippen LogP contribution in [0.25, 0.3) is 0 Å². The van der Waals surface area contributed by atoms with Crippen LogP contribution >= 0.6 is 11.3 Å². The van der Waals surface area contributed by atoms with Gasteiger partial charge in [-0.25, -0.2) is 4.39 Å². The van der Waals surface area contributed by atoms with E-state index in [0.29, 0.717) is 18.9 Å². The van der Waals surface area contributed by atoms with Crippen LogP contribution in [0.3, 0.4) is 0 Å². The highest BCUT2D eigenvalue weighted by Gasteiger charge is 2.21. The van der Waals surface area contributed by atoms with Crippen molar-refractivity contribution in [3.05, 3.63) is 46.6 Å². The maximum atomic E-state index is 13.9. The quantitative estimate of drug-likeness (QED) is 0.645. The molecule has 144 valence electrons. The SMILES string of the molecule is CN=C(NCc1cc(F)cc2c1OCOC2)N1CCN(c2cccs2)CC1. The fourth-order valence-electron chi connectivity index (χ4n) is 3.48. The van der Waals surface area contributed by atoms with Crippen molar-refractivity contribution in [2.75, 3.05) is 44.9 Å². The zero-order chi connectivity index (χ0) is 18.6. The smallest absolute Gasteiger partial charge is 0.194 e. The predicted molar refractivity (Wildman–Crippen MR) is 105 cm³/mol. The molecular formula is C19H23FN4O2S. The Morgan fingerprint density at radius 2 is 2.15 bits per heavy atom. The van der Waals surface area contributed by atoms with Crippen LogP contribution in [0.15, 0.2) is 34.6 Å². The minimum absolute atomic E-state index is 0.199. The molecular weight excluding hydrogens is 367 g/mol. The molecule has 4 rings (SSSR count). The molecule has 1 aromatic carbocycles. The van der Waals surface area contributed by atoms with Crippen LogP contribution in [0.1, 0.15) is 11.1 Å². The van der Waals surface area contributed by atoms with Crippen LogP contribution < -0.4 is 15.0 Å². The first-order valence-corrected chi connectivity index (χ1v) is 9.88. The van der Waals surface area contributed by atoms with E-state index in [1.165, 1.54) is 17.1 Å². The van der Waals surface area contributed by atoms with Crippen molar-refractivity contribution in [3.63, 3.8) is 0 Å². The number of hydrogen-bond acceptors (Lipinski definition) is 5. The highest BCUT2D eigenvalue weighted by Crippen LogP contribution is 2.29. The lowest BCUT2D eigenvalue weighted by molar-refractivity contribution is -0.0173. The molecule has 1 aromatic heterocycles. The monoisotopic (exact) mass is 390 g/mol. The standard InChI is InChI=1S/C19H23FN4O2S/c1-21-19(24-6-4-23(5-7-24)17-3-2-8-27-17)22-11-14-9-16(20)10-15-12-25-13-26-18(14)15/h2-3,8-10H,4-7,11-13H2,1H3,(H,21,22). The number of thiophene rings is 1. The van der Waals surface area contributed by atoms with Crippen molar-refractivity contribution in [2.24, 2.45) is 4.99 Å². The second-order valence-electron chi connectivity index (χ2n) is 6.49. The first kappa shape index (κ1) is 18.1. The molecule has 0 aliphatic carbocycles. The number of anilines is 1. The van der Waals surface area contributed by atoms with Crippen LogP contribution in [0.4, 0.5) is 9.39 Å². The number of hydrogen-bond donors (Lipinski definition) is 1. The van der Waals surface area contributed by atoms with Gasteiger partial charge in [0, 0.05) is 50.9 Å². The highest BCUT2D eigenvalue weighted by atomic mass is 32.1. The van der Waals surface area contributed by atoms with E-state index in [-0.39, 0.29) is 12.6 Å². The molecule has 0 saturated carbocycles. The first-order chi connectivity index (χ1) is 13.2. The van der Waals surface area contributed by atoms with Gasteiger partial charge in [0.15, 0.2) is 12.8 Å². The van der Waals surface area contributed by atoms with E-state index in [1.54, 1.807) is 18.4 Å². The molecule has 0 bridgehead atoms. The second-order valence-corrected chi connectivity index (χ2v) is 7.42. The van der Waals surface area contributed by atoms with Gasteiger partial charge in [0.05, 0.1) is 11.6 Å². The molecule has 2 aliphatic heterocycles. The van der Waals surface area contributed by atoms with Crippen LogP contribution in [0, 0.1) is 5.82 Å². The number of nitrogens with zero attached hydrogens (tertiary/aromatic N) is 3. The maximum Gasteiger partial charge on any atom is 0.194 e. The molecule has 0 radical (unpaired) electrons. The van der Waals surface area contributed by atoms with Crippen LogP contribution in [0.5, 0.6) is 5.75 Å². The summed E-state index contributed by atoms with van der Waals surface area (Å²) in [6, 6.07) is 7.22. The van der Waals surface area contributed by atoms with Gasteiger partial charge in [0.1, 0.15) is 11.6 Å². The lowest BCUT2D eigenvalue weighted by Gasteiger charge is -2.37. The van der Waals surface area contributed by atoms with Gasteiger partial charge in [-0.15, -0.1) is 11.3 Å². The first-order valence-electron chi connectivity index (χ1n) is 9.00. The molecule has 1 saturated heterocycles. The van der Waals surface area contributed by atoms with Crippen molar-refractivity contribution < 1.29 is 13.9 Å². The number of aliphatic imine (C=N–C) groups is 1. The lowest BCUT2D eigenvalue weighted by Crippen LogP contribution is -2.52. The van der Waals surface area contributed by atoms with Gasteiger partial charge in [0.25, 0.3) is 0 Å². The number of benzene rings is 1. The molecule has 0 atom stereocenters. The average Bonchev–Trinajstić information content (AvgIpc) is 3.23. The van der Waals surface area contributed by atoms with E-state index >= 15 is 0 Å². The van der Waals surface area contributed by atoms with Gasteiger partial charge >= 0.3 is 0 Å². The summed E-state index contributed by atoms with van der Waals surface area (Å²) >= 11 is 1.77. The Labute approximate surface area is 162 Å². The summed E-state index contributed by atoms with van der Waals surface area (Å²) < 4.78 is 24.7. The zero-order valence-electron chi connectivity index (χ0n) is 15.3. The van der Waals surface area contributed by atoms with Crippen LogP contribution in [0.2, 0.25) is 0 Å². The number of fused-ring (bicyclic) bond motifs is 1. The van der Waals surface area contributed by atoms with E-state index < -0.39 is 0 Å². The third kappa shape index (κ3) is 4.01. The van der Waals surface area contributed by atoms with E-state index in [4.69, 9.17) is 9.47 Å². The average molecular weight is 390 g/mol. The molecule has 0 amide bonds. The summed E-state index contributed by atoms with van der Waals surface area (Å²) in [7, 11) is 1.78. The zero-order valence-corrected chi connectivity index (χ0v) is 16.1. The molecule has 6 nitrogen and oxygen atoms in total. The minimum atomic E-state index is -0.279. The van der Waals surface area contributed by atoms with Crippen molar-refractivity contribution in [1.29, 1.82) is 0 Å². The Balaban J connectivity index is 1.39. The Hall–Kier alpha value is -2.32. The molecule has 3 heterocycles. The number of guanidine groups is 1. The fourth-order valence-corrected chi connectivity index (χ4v) is 4.27. The third-order valence-corrected chi connectivity index (χ3v) is 5.73. The molecule has 27 heavy (non-hydrogen) atoms. The summed E-state index contributed by atoms with van der Waals surface area (Å²) in [6.07, 6.45) is 0. The van der Waals surface area contributed by atoms with Crippen molar-refractivity contribution in [3.8, 4) is 5.75 Å². The molecule has 8 heteroatoms. The number of ether oxygens (including phenoxy) is 2. The highest BCUT2D eigenvalue weighted by molar-refractivity contribution is 7.14. The lowest BCUT2D eigenvalue weighted by atomic mass is 10.1. The molecule has 2 aliphatic rings. The predicted octanol–water partition coefficient (Wildman–Crippen LogP) is 2.65. The van der Waals surface area contributed by atoms with Crippen molar-refractivity contribution >= 4 is 22.3 Å². The maximum absolute atomic E-state index is 13.9. The van der Waals surface area contributed by atoms with Gasteiger partial charge in [-0.1, -0.05) is 0 Å². The molecule has 1 fully saturated rings. The van der Waals surface area contributed by atoms with Gasteiger partial charge < -0.3 is 24.6 Å². The fraction of sp³-hybridized carbons (Fsp3) is 0.421. The number of halogens is 1. The number of rotatable bonds is 3. The Kier molecular flexibility index (Phi) is 5.45. The summed E-state index contributed by atoms with van der Waals surface area (Å²) in [6.45, 7) is 4.73. The number of nitrogens with one attached hydrogen (secondary N) is 1. The summed E-state index contributed by atoms with van der Waals surface area (Å²) in [4.78, 5) is 9.04. The number of piperazine rings is 1. The van der Waals surface area contributed by atoms with Gasteiger partial charge in [-0.2, -0.15) is 0 Å². The Morgan fingerprint density at radius 1 is 1.30 bits per heavy atom. The van der Waals surface area contributed by atoms with E-state index in [0.717, 1.165) is 43.3 Å². The topological polar surface area (TPSA) is 49.3 Å². The Bertz CT molecular complexity index is 804. The molecule has 2 aromatic rings. The van der Waals surface area contributed by atoms with E-state index in [9.17, 15) is 4.39 Å². The van der Waals surface area contributed by atoms with Gasteiger partial charge in [-0.3, -0.25) is 4.99 Å². The molecule has 0 unspecified atom stereocenters. The van der Waals surface area contributed by atoms with Crippen molar-refractivity contribution in [2.45, 2.75) is 13.2 Å². The second kappa shape index (κ2) is 8.14.